The van der Waals surface area contributed by atoms with Gasteiger partial charge < -0.3 is 14.7 Å². The lowest BCUT2D eigenvalue weighted by molar-refractivity contribution is -0.0591. The predicted molar refractivity (Wildman–Crippen MR) is 86.4 cm³/mol. The Kier molecular flexibility index (Phi) is 3.78. The molecule has 2 aromatic rings. The number of ether oxygens (including phenoxy) is 1. The van der Waals surface area contributed by atoms with Gasteiger partial charge in [-0.25, -0.2) is 0 Å². The number of aliphatic hydroxyl groups is 1. The standard InChI is InChI=1S/C18H19N3O3/c22-16-10-21(17(23)14-6-7-19-20-9-14)12-18(16)8-15(11-24-18)13-4-2-1-3-5-13/h1-7,9,15-16,22H,8,10-12H2/t15-,16-,18-/m1/s1. The van der Waals surface area contributed by atoms with Crippen molar-refractivity contribution in [1.29, 1.82) is 0 Å². The van der Waals surface area contributed by atoms with Crippen LogP contribution < -0.4 is 0 Å². The lowest BCUT2D eigenvalue weighted by Crippen LogP contribution is -2.41. The van der Waals surface area contributed by atoms with Crippen molar-refractivity contribution in [3.63, 3.8) is 0 Å². The fourth-order valence-corrected chi connectivity index (χ4v) is 3.71. The van der Waals surface area contributed by atoms with Gasteiger partial charge in [0, 0.05) is 12.5 Å². The third kappa shape index (κ3) is 2.57. The molecule has 3 heterocycles. The summed E-state index contributed by atoms with van der Waals surface area (Å²) in [5.74, 6) is 0.103. The van der Waals surface area contributed by atoms with Gasteiger partial charge in [-0.1, -0.05) is 30.3 Å². The number of hydrogen-bond acceptors (Lipinski definition) is 5. The molecule has 2 fully saturated rings. The van der Waals surface area contributed by atoms with E-state index in [2.05, 4.69) is 22.3 Å². The first-order valence-electron chi connectivity index (χ1n) is 8.11. The van der Waals surface area contributed by atoms with Crippen LogP contribution in [0.1, 0.15) is 28.3 Å². The van der Waals surface area contributed by atoms with Gasteiger partial charge >= 0.3 is 0 Å². The molecule has 124 valence electrons. The average molecular weight is 325 g/mol. The van der Waals surface area contributed by atoms with Gasteiger partial charge in [-0.05, 0) is 18.1 Å². The van der Waals surface area contributed by atoms with Crippen molar-refractivity contribution < 1.29 is 14.6 Å². The largest absolute Gasteiger partial charge is 0.388 e. The molecular weight excluding hydrogens is 306 g/mol. The highest BCUT2D eigenvalue weighted by Gasteiger charge is 2.53. The van der Waals surface area contributed by atoms with Gasteiger partial charge in [-0.3, -0.25) is 4.79 Å². The van der Waals surface area contributed by atoms with Crippen LogP contribution in [0.2, 0.25) is 0 Å². The smallest absolute Gasteiger partial charge is 0.255 e. The molecule has 0 aliphatic carbocycles. The first-order chi connectivity index (χ1) is 11.7. The maximum atomic E-state index is 12.6. The number of aliphatic hydroxyl groups excluding tert-OH is 1. The van der Waals surface area contributed by atoms with E-state index in [-0.39, 0.29) is 18.4 Å². The summed E-state index contributed by atoms with van der Waals surface area (Å²) in [5, 5.41) is 18.0. The van der Waals surface area contributed by atoms with Crippen molar-refractivity contribution in [2.45, 2.75) is 24.0 Å². The third-order valence-corrected chi connectivity index (χ3v) is 5.01. The number of benzene rings is 1. The van der Waals surface area contributed by atoms with Gasteiger partial charge in [0.2, 0.25) is 0 Å². The molecule has 0 radical (unpaired) electrons. The Balaban J connectivity index is 1.50. The van der Waals surface area contributed by atoms with Crippen LogP contribution in [0.4, 0.5) is 0 Å². The van der Waals surface area contributed by atoms with Crippen molar-refractivity contribution in [2.75, 3.05) is 19.7 Å². The van der Waals surface area contributed by atoms with Gasteiger partial charge in [0.05, 0.1) is 31.1 Å². The molecule has 0 unspecified atom stereocenters. The van der Waals surface area contributed by atoms with E-state index in [1.54, 1.807) is 11.0 Å². The second-order valence-corrected chi connectivity index (χ2v) is 6.52. The lowest BCUT2D eigenvalue weighted by atomic mass is 9.87. The second kappa shape index (κ2) is 5.96. The monoisotopic (exact) mass is 325 g/mol. The zero-order chi connectivity index (χ0) is 16.6. The lowest BCUT2D eigenvalue weighted by Gasteiger charge is -2.26. The summed E-state index contributed by atoms with van der Waals surface area (Å²) in [5.41, 5.74) is 1.02. The summed E-state index contributed by atoms with van der Waals surface area (Å²) in [6.45, 7) is 1.25. The molecule has 1 spiro atoms. The molecule has 2 aliphatic rings. The molecule has 2 saturated heterocycles. The van der Waals surface area contributed by atoms with Gasteiger partial charge in [0.25, 0.3) is 5.91 Å². The van der Waals surface area contributed by atoms with Crippen LogP contribution in [-0.2, 0) is 4.74 Å². The van der Waals surface area contributed by atoms with E-state index in [1.807, 2.05) is 18.2 Å². The minimum atomic E-state index is -0.676. The van der Waals surface area contributed by atoms with Crippen molar-refractivity contribution >= 4 is 5.91 Å². The molecule has 6 nitrogen and oxygen atoms in total. The molecule has 4 rings (SSSR count). The van der Waals surface area contributed by atoms with Crippen molar-refractivity contribution in [3.05, 3.63) is 59.9 Å². The molecule has 0 bridgehead atoms. The highest BCUT2D eigenvalue weighted by atomic mass is 16.5. The quantitative estimate of drug-likeness (QED) is 0.899. The maximum Gasteiger partial charge on any atom is 0.255 e. The van der Waals surface area contributed by atoms with Crippen LogP contribution in [0.5, 0.6) is 0 Å². The summed E-state index contributed by atoms with van der Waals surface area (Å²) < 4.78 is 6.03. The fraction of sp³-hybridized carbons (Fsp3) is 0.389. The summed E-state index contributed by atoms with van der Waals surface area (Å²) in [7, 11) is 0. The first-order valence-corrected chi connectivity index (χ1v) is 8.11. The van der Waals surface area contributed by atoms with Crippen molar-refractivity contribution in [1.82, 2.24) is 15.1 Å². The minimum Gasteiger partial charge on any atom is -0.388 e. The second-order valence-electron chi connectivity index (χ2n) is 6.52. The number of β-amino-alcohol motifs (C(OH)–C–C–N with tert-alkyl or cyclic N) is 1. The first kappa shape index (κ1) is 15.2. The summed E-state index contributed by atoms with van der Waals surface area (Å²) in [6, 6.07) is 11.8. The van der Waals surface area contributed by atoms with Crippen LogP contribution in [0.15, 0.2) is 48.8 Å². The van der Waals surface area contributed by atoms with E-state index in [0.29, 0.717) is 18.7 Å². The number of aromatic nitrogens is 2. The van der Waals surface area contributed by atoms with Crippen LogP contribution >= 0.6 is 0 Å². The highest BCUT2D eigenvalue weighted by molar-refractivity contribution is 5.94. The van der Waals surface area contributed by atoms with Crippen molar-refractivity contribution in [2.24, 2.45) is 0 Å². The number of amides is 1. The van der Waals surface area contributed by atoms with Gasteiger partial charge in [-0.2, -0.15) is 10.2 Å². The summed E-state index contributed by atoms with van der Waals surface area (Å²) in [4.78, 5) is 14.2. The predicted octanol–water partition coefficient (Wildman–Crippen LogP) is 1.24. The van der Waals surface area contributed by atoms with Crippen LogP contribution in [-0.4, -0.2) is 57.5 Å². The van der Waals surface area contributed by atoms with Gasteiger partial charge in [0.15, 0.2) is 0 Å². The number of nitrogens with zero attached hydrogens (tertiary/aromatic N) is 3. The zero-order valence-electron chi connectivity index (χ0n) is 13.2. The zero-order valence-corrected chi connectivity index (χ0v) is 13.2. The number of carbonyl (C=O) groups excluding carboxylic acids is 1. The molecule has 1 amide bonds. The molecular formula is C18H19N3O3. The number of carbonyl (C=O) groups is 1. The van der Waals surface area contributed by atoms with Gasteiger partial charge in [0.1, 0.15) is 11.7 Å². The highest BCUT2D eigenvalue weighted by Crippen LogP contribution is 2.42. The fourth-order valence-electron chi connectivity index (χ4n) is 3.71. The molecule has 3 atom stereocenters. The number of likely N-dealkylation sites (tertiary alicyclic amines) is 1. The topological polar surface area (TPSA) is 75.6 Å². The van der Waals surface area contributed by atoms with E-state index in [9.17, 15) is 9.90 Å². The molecule has 1 aromatic heterocycles. The average Bonchev–Trinajstić information content (AvgIpc) is 3.21. The Morgan fingerprint density at radius 1 is 1.25 bits per heavy atom. The molecule has 2 aliphatic heterocycles. The van der Waals surface area contributed by atoms with E-state index < -0.39 is 11.7 Å². The molecule has 1 aromatic carbocycles. The number of hydrogen-bond donors (Lipinski definition) is 1. The molecule has 1 N–H and O–H groups in total. The Morgan fingerprint density at radius 2 is 2.08 bits per heavy atom. The van der Waals surface area contributed by atoms with Crippen LogP contribution in [0.25, 0.3) is 0 Å². The number of rotatable bonds is 2. The van der Waals surface area contributed by atoms with Crippen molar-refractivity contribution in [3.8, 4) is 0 Å². The Morgan fingerprint density at radius 3 is 2.83 bits per heavy atom. The third-order valence-electron chi connectivity index (χ3n) is 5.01. The Bertz CT molecular complexity index is 725. The Hall–Kier alpha value is -2.31. The normalized spacial score (nSPS) is 29.3. The molecule has 24 heavy (non-hydrogen) atoms. The maximum absolute atomic E-state index is 12.6. The van der Waals surface area contributed by atoms with E-state index in [4.69, 9.17) is 4.74 Å². The summed E-state index contributed by atoms with van der Waals surface area (Å²) >= 11 is 0. The molecule has 0 saturated carbocycles. The summed E-state index contributed by atoms with van der Waals surface area (Å²) in [6.07, 6.45) is 2.98. The minimum absolute atomic E-state index is 0.146. The van der Waals surface area contributed by atoms with Gasteiger partial charge in [-0.15, -0.1) is 0 Å². The Labute approximate surface area is 140 Å². The van der Waals surface area contributed by atoms with E-state index in [0.717, 1.165) is 6.42 Å². The molecule has 6 heteroatoms. The van der Waals surface area contributed by atoms with E-state index in [1.165, 1.54) is 18.0 Å². The van der Waals surface area contributed by atoms with Crippen LogP contribution in [0.3, 0.4) is 0 Å². The SMILES string of the molecule is O=C(c1ccnnc1)N1C[C@@H](O)[C@@]2(C[C@@H](c3ccccc3)CO2)C1. The van der Waals surface area contributed by atoms with Crippen LogP contribution in [0, 0.1) is 0 Å². The van der Waals surface area contributed by atoms with E-state index >= 15 is 0 Å².